The van der Waals surface area contributed by atoms with Crippen LogP contribution in [0.1, 0.15) is 22.3 Å². The molecule has 0 aliphatic rings. The Morgan fingerprint density at radius 3 is 2.04 bits per heavy atom. The van der Waals surface area contributed by atoms with Gasteiger partial charge in [0.2, 0.25) is 0 Å². The van der Waals surface area contributed by atoms with Gasteiger partial charge in [-0.3, -0.25) is 0 Å². The number of rotatable bonds is 7. The Bertz CT molecular complexity index is 2110. The Balaban J connectivity index is 0.000000192. The van der Waals surface area contributed by atoms with Crippen LogP contribution >= 0.6 is 11.6 Å². The van der Waals surface area contributed by atoms with Crippen molar-refractivity contribution in [3.8, 4) is 0 Å². The molecule has 4 aromatic carbocycles. The van der Waals surface area contributed by atoms with Crippen molar-refractivity contribution in [2.24, 2.45) is 0 Å². The predicted octanol–water partition coefficient (Wildman–Crippen LogP) is 10.1. The van der Waals surface area contributed by atoms with Crippen LogP contribution in [-0.2, 0) is 25.4 Å². The van der Waals surface area contributed by atoms with Gasteiger partial charge in [0.15, 0.2) is 22.8 Å². The molecular formula is C32H23ClF9N5O2. The number of hydrogen-bond donors (Lipinski definition) is 2. The minimum absolute atomic E-state index is 0.0382. The summed E-state index contributed by atoms with van der Waals surface area (Å²) >= 11 is 5.60. The normalized spacial score (nSPS) is 11.8. The minimum Gasteiger partial charge on any atom is -0.377 e. The summed E-state index contributed by atoms with van der Waals surface area (Å²) in [6.07, 6.45) is -9.22. The van der Waals surface area contributed by atoms with Gasteiger partial charge in [-0.1, -0.05) is 34.0 Å². The topological polar surface area (TPSA) is 79.4 Å². The maximum atomic E-state index is 14.1. The first-order valence-corrected chi connectivity index (χ1v) is 14.4. The van der Waals surface area contributed by atoms with E-state index < -0.39 is 46.0 Å². The van der Waals surface area contributed by atoms with Gasteiger partial charge in [0.1, 0.15) is 17.5 Å². The molecule has 0 unspecified atom stereocenters. The first-order valence-electron chi connectivity index (χ1n) is 14.0. The lowest BCUT2D eigenvalue weighted by Gasteiger charge is -2.14. The molecule has 2 heterocycles. The van der Waals surface area contributed by atoms with Crippen LogP contribution in [-0.4, -0.2) is 24.4 Å². The Labute approximate surface area is 276 Å². The fourth-order valence-electron chi connectivity index (χ4n) is 4.67. The molecule has 0 fully saturated rings. The summed E-state index contributed by atoms with van der Waals surface area (Å²) in [7, 11) is 3.66. The van der Waals surface area contributed by atoms with Gasteiger partial charge in [0.25, 0.3) is 0 Å². The van der Waals surface area contributed by atoms with Gasteiger partial charge in [0, 0.05) is 44.4 Å². The van der Waals surface area contributed by atoms with E-state index in [-0.39, 0.29) is 35.6 Å². The van der Waals surface area contributed by atoms with Crippen molar-refractivity contribution in [3.63, 3.8) is 0 Å². The fourth-order valence-corrected chi connectivity index (χ4v) is 4.91. The molecule has 0 saturated heterocycles. The maximum Gasteiger partial charge on any atom is 0.416 e. The van der Waals surface area contributed by atoms with Crippen LogP contribution in [0.3, 0.4) is 0 Å². The summed E-state index contributed by atoms with van der Waals surface area (Å²) in [5.74, 6) is -1.83. The predicted molar refractivity (Wildman–Crippen MR) is 165 cm³/mol. The molecule has 0 amide bonds. The van der Waals surface area contributed by atoms with Crippen LogP contribution in [0.15, 0.2) is 75.8 Å². The summed E-state index contributed by atoms with van der Waals surface area (Å²) in [4.78, 5) is 1.84. The van der Waals surface area contributed by atoms with Crippen molar-refractivity contribution in [3.05, 3.63) is 111 Å². The molecule has 0 atom stereocenters. The largest absolute Gasteiger partial charge is 0.416 e. The number of nitrogens with one attached hydrogen (secondary N) is 2. The Hall–Kier alpha value is -5.12. The summed E-state index contributed by atoms with van der Waals surface area (Å²) < 4.78 is 127. The van der Waals surface area contributed by atoms with Crippen LogP contribution in [0.4, 0.5) is 56.8 Å². The first-order chi connectivity index (χ1) is 23.0. The number of fused-ring (bicyclic) bond motifs is 2. The van der Waals surface area contributed by atoms with E-state index >= 15 is 0 Å². The zero-order valence-corrected chi connectivity index (χ0v) is 26.0. The molecule has 2 N–H and O–H groups in total. The van der Waals surface area contributed by atoms with Gasteiger partial charge in [-0.2, -0.15) is 26.3 Å². The van der Waals surface area contributed by atoms with Gasteiger partial charge >= 0.3 is 12.4 Å². The summed E-state index contributed by atoms with van der Waals surface area (Å²) in [5.41, 5.74) is -0.740. The molecule has 6 aromatic rings. The standard InChI is InChI=1S/C17H14ClF4N3O.C15H9F5N2O/c1-25(2)12-4-3-5-13-14(12)16(24-26-13)23-8-9-6-10(17(20,21)22)7-11(18)15(9)19;16-10-3-4-11-13(6-10)23-22-14(11)21-7-8-1-2-9(5-12(8)17)15(18,19)20/h3-7H,8H2,1-2H3,(H,23,24);1-6H,7H2,(H,21,22). The molecule has 17 heteroatoms. The molecule has 0 bridgehead atoms. The Morgan fingerprint density at radius 2 is 1.37 bits per heavy atom. The molecule has 258 valence electrons. The summed E-state index contributed by atoms with van der Waals surface area (Å²) in [5, 5.41) is 13.7. The first kappa shape index (κ1) is 35.2. The van der Waals surface area contributed by atoms with Crippen molar-refractivity contribution < 1.29 is 48.6 Å². The molecule has 7 nitrogen and oxygen atoms in total. The van der Waals surface area contributed by atoms with Crippen molar-refractivity contribution in [2.75, 3.05) is 29.6 Å². The second-order valence-corrected chi connectivity index (χ2v) is 11.1. The van der Waals surface area contributed by atoms with E-state index in [4.69, 9.17) is 20.6 Å². The lowest BCUT2D eigenvalue weighted by Crippen LogP contribution is -2.11. The third-order valence-electron chi connectivity index (χ3n) is 7.10. The smallest absolute Gasteiger partial charge is 0.377 e. The number of hydrogen-bond acceptors (Lipinski definition) is 7. The molecule has 0 radical (unpaired) electrons. The molecule has 49 heavy (non-hydrogen) atoms. The van der Waals surface area contributed by atoms with Crippen molar-refractivity contribution >= 4 is 50.9 Å². The van der Waals surface area contributed by atoms with Gasteiger partial charge < -0.3 is 24.6 Å². The number of nitrogens with zero attached hydrogens (tertiary/aromatic N) is 3. The SMILES string of the molecule is CN(C)c1cccc2onc(NCc3cc(C(F)(F)F)cc(Cl)c3F)c12.Fc1ccc2c(NCc3ccc(C(F)(F)F)cc3F)noc2c1. The molecule has 0 spiro atoms. The molecular weight excluding hydrogens is 693 g/mol. The highest BCUT2D eigenvalue weighted by Gasteiger charge is 2.33. The summed E-state index contributed by atoms with van der Waals surface area (Å²) in [6.45, 7) is -0.331. The van der Waals surface area contributed by atoms with Gasteiger partial charge in [0.05, 0.1) is 32.6 Å². The van der Waals surface area contributed by atoms with E-state index in [9.17, 15) is 39.5 Å². The van der Waals surface area contributed by atoms with E-state index in [1.807, 2.05) is 25.1 Å². The van der Waals surface area contributed by atoms with E-state index in [0.29, 0.717) is 34.3 Å². The van der Waals surface area contributed by atoms with Crippen LogP contribution in [0.5, 0.6) is 0 Å². The zero-order valence-electron chi connectivity index (χ0n) is 25.2. The molecule has 0 aliphatic carbocycles. The monoisotopic (exact) mass is 715 g/mol. The fraction of sp³-hybridized carbons (Fsp3) is 0.188. The Kier molecular flexibility index (Phi) is 9.90. The van der Waals surface area contributed by atoms with E-state index in [1.165, 1.54) is 12.1 Å². The maximum absolute atomic E-state index is 14.1. The molecule has 0 aliphatic heterocycles. The quantitative estimate of drug-likeness (QED) is 0.159. The third-order valence-corrected chi connectivity index (χ3v) is 7.37. The van der Waals surface area contributed by atoms with Crippen LogP contribution in [0, 0.1) is 17.5 Å². The average Bonchev–Trinajstić information content (AvgIpc) is 3.63. The van der Waals surface area contributed by atoms with Crippen molar-refractivity contribution in [1.29, 1.82) is 0 Å². The second-order valence-electron chi connectivity index (χ2n) is 10.7. The number of alkyl halides is 6. The second kappa shape index (κ2) is 13.8. The van der Waals surface area contributed by atoms with Crippen LogP contribution in [0.25, 0.3) is 21.9 Å². The van der Waals surface area contributed by atoms with Crippen molar-refractivity contribution in [1.82, 2.24) is 10.3 Å². The van der Waals surface area contributed by atoms with Gasteiger partial charge in [-0.05, 0) is 48.5 Å². The average molecular weight is 716 g/mol. The van der Waals surface area contributed by atoms with Crippen molar-refractivity contribution in [2.45, 2.75) is 25.4 Å². The van der Waals surface area contributed by atoms with Crippen LogP contribution < -0.4 is 15.5 Å². The highest BCUT2D eigenvalue weighted by molar-refractivity contribution is 6.30. The third kappa shape index (κ3) is 7.96. The number of anilines is 3. The van der Waals surface area contributed by atoms with E-state index in [0.717, 1.165) is 30.0 Å². The lowest BCUT2D eigenvalue weighted by atomic mass is 10.1. The number of aromatic nitrogens is 2. The van der Waals surface area contributed by atoms with E-state index in [1.54, 1.807) is 12.1 Å². The van der Waals surface area contributed by atoms with E-state index in [2.05, 4.69) is 20.9 Å². The highest BCUT2D eigenvalue weighted by Crippen LogP contribution is 2.36. The van der Waals surface area contributed by atoms with Crippen LogP contribution in [0.2, 0.25) is 5.02 Å². The lowest BCUT2D eigenvalue weighted by molar-refractivity contribution is -0.138. The number of benzene rings is 4. The minimum atomic E-state index is -4.62. The highest BCUT2D eigenvalue weighted by atomic mass is 35.5. The number of halogens is 10. The van der Waals surface area contributed by atoms with Gasteiger partial charge in [-0.25, -0.2) is 13.2 Å². The zero-order chi connectivity index (χ0) is 35.7. The Morgan fingerprint density at radius 1 is 0.714 bits per heavy atom. The molecule has 0 saturated carbocycles. The molecule has 2 aromatic heterocycles. The van der Waals surface area contributed by atoms with Gasteiger partial charge in [-0.15, -0.1) is 0 Å². The summed E-state index contributed by atoms with van der Waals surface area (Å²) in [6, 6.07) is 12.7. The molecule has 6 rings (SSSR count).